The zero-order chi connectivity index (χ0) is 27.4. The summed E-state index contributed by atoms with van der Waals surface area (Å²) in [6, 6.07) is 16.7. The van der Waals surface area contributed by atoms with Crippen molar-refractivity contribution in [2.45, 2.75) is 51.9 Å². The first-order valence-corrected chi connectivity index (χ1v) is 13.3. The van der Waals surface area contributed by atoms with Crippen molar-refractivity contribution in [3.8, 4) is 5.75 Å². The number of nitrogens with one attached hydrogen (secondary N) is 1. The summed E-state index contributed by atoms with van der Waals surface area (Å²) in [7, 11) is 3.36. The summed E-state index contributed by atoms with van der Waals surface area (Å²) in [5.41, 5.74) is 2.08. The summed E-state index contributed by atoms with van der Waals surface area (Å²) in [5, 5.41) is 6.26. The molecule has 9 heteroatoms. The molecule has 0 aliphatic carbocycles. The normalized spacial score (nSPS) is 20.9. The van der Waals surface area contributed by atoms with Crippen LogP contribution in [0.4, 0.5) is 4.79 Å². The lowest BCUT2D eigenvalue weighted by molar-refractivity contribution is -0.188. The highest BCUT2D eigenvalue weighted by Crippen LogP contribution is 2.30. The van der Waals surface area contributed by atoms with Crippen LogP contribution in [-0.4, -0.2) is 83.7 Å². The Morgan fingerprint density at radius 1 is 1.05 bits per heavy atom. The van der Waals surface area contributed by atoms with Crippen molar-refractivity contribution in [1.29, 1.82) is 0 Å². The van der Waals surface area contributed by atoms with Gasteiger partial charge in [0.2, 0.25) is 11.8 Å². The Hall–Kier alpha value is -3.59. The number of piperazine rings is 1. The van der Waals surface area contributed by atoms with Crippen molar-refractivity contribution in [3.05, 3.63) is 65.7 Å². The highest BCUT2D eigenvalue weighted by Gasteiger charge is 2.50. The molecular weight excluding hydrogens is 482 g/mol. The summed E-state index contributed by atoms with van der Waals surface area (Å²) in [6.45, 7) is 7.34. The smallest absolute Gasteiger partial charge is 0.334 e. The van der Waals surface area contributed by atoms with Gasteiger partial charge in [-0.2, -0.15) is 0 Å². The monoisotopic (exact) mass is 521 g/mol. The van der Waals surface area contributed by atoms with Crippen molar-refractivity contribution in [3.63, 3.8) is 0 Å². The summed E-state index contributed by atoms with van der Waals surface area (Å²) < 4.78 is 5.21. The molecule has 1 unspecified atom stereocenters. The Balaban J connectivity index is 1.57. The van der Waals surface area contributed by atoms with Crippen LogP contribution in [0.2, 0.25) is 0 Å². The van der Waals surface area contributed by atoms with Crippen molar-refractivity contribution in [2.75, 3.05) is 33.8 Å². The van der Waals surface area contributed by atoms with Gasteiger partial charge in [0.15, 0.2) is 0 Å². The van der Waals surface area contributed by atoms with Crippen molar-refractivity contribution in [2.24, 2.45) is 5.92 Å². The summed E-state index contributed by atoms with van der Waals surface area (Å²) in [6.07, 6.45) is -0.0379. The molecule has 38 heavy (non-hydrogen) atoms. The zero-order valence-corrected chi connectivity index (χ0v) is 23.0. The molecule has 0 radical (unpaired) electrons. The lowest BCUT2D eigenvalue weighted by Gasteiger charge is -2.55. The van der Waals surface area contributed by atoms with Crippen LogP contribution in [0.15, 0.2) is 54.6 Å². The first-order valence-electron chi connectivity index (χ1n) is 13.3. The largest absolute Gasteiger partial charge is 0.497 e. The number of carbonyl (C=O) groups excluding carboxylic acids is 3. The number of urea groups is 1. The number of hydrogen-bond donors (Lipinski definition) is 1. The molecule has 1 N–H and O–H groups in total. The van der Waals surface area contributed by atoms with Gasteiger partial charge in [0, 0.05) is 20.1 Å². The van der Waals surface area contributed by atoms with Crippen LogP contribution < -0.4 is 10.1 Å². The minimum absolute atomic E-state index is 0.0365. The van der Waals surface area contributed by atoms with Crippen LogP contribution in [0.1, 0.15) is 44.2 Å². The predicted molar refractivity (Wildman–Crippen MR) is 145 cm³/mol. The van der Waals surface area contributed by atoms with Gasteiger partial charge in [0.05, 0.1) is 20.2 Å². The molecule has 2 aromatic rings. The lowest BCUT2D eigenvalue weighted by atomic mass is 9.95. The number of fused-ring (bicyclic) bond motifs is 1. The molecule has 2 fully saturated rings. The van der Waals surface area contributed by atoms with Crippen LogP contribution in [0.3, 0.4) is 0 Å². The maximum Gasteiger partial charge on any atom is 0.334 e. The van der Waals surface area contributed by atoms with E-state index in [2.05, 4.69) is 24.4 Å². The van der Waals surface area contributed by atoms with E-state index in [1.54, 1.807) is 29.1 Å². The average Bonchev–Trinajstić information content (AvgIpc) is 2.90. The molecule has 204 valence electrons. The van der Waals surface area contributed by atoms with E-state index in [0.717, 1.165) is 16.9 Å². The molecule has 4 amide bonds. The third kappa shape index (κ3) is 5.93. The highest BCUT2D eigenvalue weighted by atomic mass is 16.5. The fourth-order valence-electron chi connectivity index (χ4n) is 5.36. The highest BCUT2D eigenvalue weighted by molar-refractivity contribution is 5.91. The van der Waals surface area contributed by atoms with Crippen LogP contribution in [0, 0.1) is 5.92 Å². The van der Waals surface area contributed by atoms with E-state index >= 15 is 0 Å². The van der Waals surface area contributed by atoms with Crippen LogP contribution >= 0.6 is 0 Å². The lowest BCUT2D eigenvalue weighted by Crippen LogP contribution is -2.76. The van der Waals surface area contributed by atoms with Crippen LogP contribution in [0.25, 0.3) is 0 Å². The number of hydrogen-bond acceptors (Lipinski definition) is 5. The number of carbonyl (C=O) groups is 3. The molecule has 9 nitrogen and oxygen atoms in total. The van der Waals surface area contributed by atoms with E-state index in [0.29, 0.717) is 19.5 Å². The van der Waals surface area contributed by atoms with Crippen LogP contribution in [-0.2, 0) is 16.1 Å². The van der Waals surface area contributed by atoms with Gasteiger partial charge in [0.1, 0.15) is 18.0 Å². The predicted octanol–water partition coefficient (Wildman–Crippen LogP) is 3.28. The van der Waals surface area contributed by atoms with Gasteiger partial charge in [0.25, 0.3) is 0 Å². The molecule has 3 atom stereocenters. The molecule has 2 aliphatic heterocycles. The minimum Gasteiger partial charge on any atom is -0.497 e. The molecule has 0 aromatic heterocycles. The number of methoxy groups -OCH3 is 1. The molecule has 0 spiro atoms. The molecule has 2 aliphatic rings. The number of amides is 4. The standard InChI is InChI=1S/C29H39N5O4/c1-20(2)15-25-28(36)32(17-21(3)23-9-7-6-8-10-23)18-26-33(25)27(35)19-31(4)34(26)29(37)30-16-22-11-13-24(38-5)14-12-22/h6-14,20-21,25-26H,15-19H2,1-5H3,(H,30,37)/t21?,25-,26-/m0/s1. The summed E-state index contributed by atoms with van der Waals surface area (Å²) in [5.74, 6) is 0.889. The van der Waals surface area contributed by atoms with Crippen molar-refractivity contribution in [1.82, 2.24) is 25.1 Å². The molecule has 0 bridgehead atoms. The number of benzene rings is 2. The average molecular weight is 522 g/mol. The fraction of sp³-hybridized carbons (Fsp3) is 0.483. The Kier molecular flexibility index (Phi) is 8.56. The van der Waals surface area contributed by atoms with E-state index < -0.39 is 12.2 Å². The number of hydrazine groups is 1. The van der Waals surface area contributed by atoms with Gasteiger partial charge in [-0.1, -0.05) is 63.2 Å². The second-order valence-corrected chi connectivity index (χ2v) is 10.6. The molecule has 4 rings (SSSR count). The third-order valence-corrected chi connectivity index (χ3v) is 7.31. The van der Waals surface area contributed by atoms with E-state index in [1.807, 2.05) is 61.2 Å². The second-order valence-electron chi connectivity index (χ2n) is 10.6. The van der Waals surface area contributed by atoms with E-state index in [9.17, 15) is 14.4 Å². The maximum absolute atomic E-state index is 13.7. The van der Waals surface area contributed by atoms with Crippen molar-refractivity contribution >= 4 is 17.8 Å². The molecular formula is C29H39N5O4. The number of nitrogens with zero attached hydrogens (tertiary/aromatic N) is 4. The molecule has 2 saturated heterocycles. The maximum atomic E-state index is 13.7. The summed E-state index contributed by atoms with van der Waals surface area (Å²) >= 11 is 0. The Morgan fingerprint density at radius 3 is 2.37 bits per heavy atom. The molecule has 2 aromatic carbocycles. The molecule has 0 saturated carbocycles. The van der Waals surface area contributed by atoms with Crippen LogP contribution in [0.5, 0.6) is 5.75 Å². The fourth-order valence-corrected chi connectivity index (χ4v) is 5.36. The van der Waals surface area contributed by atoms with E-state index in [4.69, 9.17) is 4.74 Å². The van der Waals surface area contributed by atoms with Crippen molar-refractivity contribution < 1.29 is 19.1 Å². The second kappa shape index (κ2) is 11.9. The summed E-state index contributed by atoms with van der Waals surface area (Å²) in [4.78, 5) is 44.0. The Labute approximate surface area is 225 Å². The third-order valence-electron chi connectivity index (χ3n) is 7.31. The number of ether oxygens (including phenoxy) is 1. The Bertz CT molecular complexity index is 1120. The number of likely N-dealkylation sites (N-methyl/N-ethyl adjacent to an activating group) is 1. The topological polar surface area (TPSA) is 85.4 Å². The van der Waals surface area contributed by atoms with Gasteiger partial charge >= 0.3 is 6.03 Å². The van der Waals surface area contributed by atoms with E-state index in [-0.39, 0.29) is 42.8 Å². The van der Waals surface area contributed by atoms with Gasteiger partial charge in [-0.3, -0.25) is 9.59 Å². The van der Waals surface area contributed by atoms with Gasteiger partial charge in [-0.25, -0.2) is 14.8 Å². The van der Waals surface area contributed by atoms with Gasteiger partial charge in [-0.15, -0.1) is 0 Å². The minimum atomic E-state index is -0.602. The first kappa shape index (κ1) is 27.4. The molecule has 2 heterocycles. The SMILES string of the molecule is COc1ccc(CNC(=O)N2[C@H]3CN(CC(C)c4ccccc4)C(=O)[C@H](CC(C)C)N3C(=O)CN2C)cc1. The quantitative estimate of drug-likeness (QED) is 0.576. The van der Waals surface area contributed by atoms with Gasteiger partial charge < -0.3 is 19.9 Å². The number of rotatable bonds is 8. The van der Waals surface area contributed by atoms with Gasteiger partial charge in [-0.05, 0) is 41.5 Å². The first-order chi connectivity index (χ1) is 18.2. The zero-order valence-electron chi connectivity index (χ0n) is 23.0. The van der Waals surface area contributed by atoms with E-state index in [1.165, 1.54) is 0 Å². The Morgan fingerprint density at radius 2 is 1.74 bits per heavy atom.